The van der Waals surface area contributed by atoms with Gasteiger partial charge in [-0.2, -0.15) is 0 Å². The highest BCUT2D eigenvalue weighted by atomic mass is 16.7. The van der Waals surface area contributed by atoms with Crippen molar-refractivity contribution in [2.75, 3.05) is 19.8 Å². The van der Waals surface area contributed by atoms with Crippen LogP contribution in [-0.2, 0) is 28.5 Å². The Morgan fingerprint density at radius 1 is 0.477 bits per heavy atom. The Hall–Kier alpha value is -2.60. The monoisotopic (exact) mass is 917 g/mol. The van der Waals surface area contributed by atoms with Gasteiger partial charge in [0.2, 0.25) is 0 Å². The number of aliphatic hydroxyl groups is 4. The summed E-state index contributed by atoms with van der Waals surface area (Å²) in [4.78, 5) is 25.4. The molecule has 1 saturated heterocycles. The van der Waals surface area contributed by atoms with Crippen molar-refractivity contribution in [1.82, 2.24) is 0 Å². The van der Waals surface area contributed by atoms with E-state index >= 15 is 0 Å². The number of hydrogen-bond donors (Lipinski definition) is 4. The van der Waals surface area contributed by atoms with Crippen molar-refractivity contribution in [3.8, 4) is 0 Å². The van der Waals surface area contributed by atoms with Gasteiger partial charge in [-0.05, 0) is 70.6 Å². The van der Waals surface area contributed by atoms with Crippen LogP contribution >= 0.6 is 0 Å². The lowest BCUT2D eigenvalue weighted by Gasteiger charge is -2.39. The topological polar surface area (TPSA) is 152 Å². The summed E-state index contributed by atoms with van der Waals surface area (Å²) in [6.07, 6.45) is 49.6. The van der Waals surface area contributed by atoms with E-state index in [-0.39, 0.29) is 26.1 Å². The Morgan fingerprint density at radius 2 is 0.908 bits per heavy atom. The molecule has 376 valence electrons. The average Bonchev–Trinajstić information content (AvgIpc) is 3.30. The molecule has 0 bridgehead atoms. The molecule has 1 heterocycles. The second kappa shape index (κ2) is 45.2. The maximum absolute atomic E-state index is 12.8. The van der Waals surface area contributed by atoms with Crippen molar-refractivity contribution in [3.05, 3.63) is 60.8 Å². The molecule has 0 amide bonds. The molecule has 1 fully saturated rings. The zero-order valence-electron chi connectivity index (χ0n) is 41.2. The maximum Gasteiger partial charge on any atom is 0.306 e. The van der Waals surface area contributed by atoms with Gasteiger partial charge < -0.3 is 39.4 Å². The predicted molar refractivity (Wildman–Crippen MR) is 265 cm³/mol. The van der Waals surface area contributed by atoms with Gasteiger partial charge in [0.05, 0.1) is 13.2 Å². The highest BCUT2D eigenvalue weighted by molar-refractivity contribution is 5.70. The average molecular weight is 917 g/mol. The normalized spacial score (nSPS) is 19.8. The Bertz CT molecular complexity index is 1240. The molecule has 0 aromatic carbocycles. The van der Waals surface area contributed by atoms with E-state index in [9.17, 15) is 30.0 Å². The van der Waals surface area contributed by atoms with E-state index in [2.05, 4.69) is 74.6 Å². The molecule has 1 aliphatic rings. The molecule has 0 spiro atoms. The Labute approximate surface area is 396 Å². The number of aliphatic hydroxyl groups excluding tert-OH is 4. The van der Waals surface area contributed by atoms with Crippen LogP contribution in [0.5, 0.6) is 0 Å². The summed E-state index contributed by atoms with van der Waals surface area (Å²) in [5.41, 5.74) is 0. The van der Waals surface area contributed by atoms with Crippen molar-refractivity contribution < 1.29 is 49.0 Å². The van der Waals surface area contributed by atoms with Gasteiger partial charge in [0.1, 0.15) is 31.0 Å². The van der Waals surface area contributed by atoms with Crippen LogP contribution in [0.2, 0.25) is 0 Å². The quantitative estimate of drug-likeness (QED) is 0.0264. The van der Waals surface area contributed by atoms with E-state index in [0.717, 1.165) is 57.8 Å². The Kier molecular flexibility index (Phi) is 42.0. The van der Waals surface area contributed by atoms with Crippen LogP contribution < -0.4 is 0 Å². The lowest BCUT2D eigenvalue weighted by molar-refractivity contribution is -0.305. The van der Waals surface area contributed by atoms with E-state index in [0.29, 0.717) is 12.8 Å². The fraction of sp³-hybridized carbons (Fsp3) is 0.782. The molecule has 0 saturated carbocycles. The van der Waals surface area contributed by atoms with Crippen LogP contribution in [0.15, 0.2) is 60.8 Å². The zero-order chi connectivity index (χ0) is 47.3. The van der Waals surface area contributed by atoms with Crippen molar-refractivity contribution in [1.29, 1.82) is 0 Å². The second-order valence-corrected chi connectivity index (χ2v) is 18.0. The van der Waals surface area contributed by atoms with E-state index in [1.54, 1.807) is 0 Å². The smallest absolute Gasteiger partial charge is 0.306 e. The summed E-state index contributed by atoms with van der Waals surface area (Å²) in [5, 5.41) is 40.2. The lowest BCUT2D eigenvalue weighted by atomic mass is 9.99. The van der Waals surface area contributed by atoms with Crippen LogP contribution in [0, 0.1) is 0 Å². The van der Waals surface area contributed by atoms with Crippen LogP contribution in [0.3, 0.4) is 0 Å². The third-order valence-electron chi connectivity index (χ3n) is 11.9. The molecule has 10 heteroatoms. The summed E-state index contributed by atoms with van der Waals surface area (Å²) >= 11 is 0. The number of allylic oxidation sites excluding steroid dienone is 10. The first-order chi connectivity index (χ1) is 31.8. The van der Waals surface area contributed by atoms with Crippen molar-refractivity contribution in [2.45, 2.75) is 256 Å². The van der Waals surface area contributed by atoms with E-state index in [1.807, 2.05) is 0 Å². The molecule has 4 N–H and O–H groups in total. The van der Waals surface area contributed by atoms with Gasteiger partial charge >= 0.3 is 11.9 Å². The van der Waals surface area contributed by atoms with Gasteiger partial charge in [0.15, 0.2) is 12.4 Å². The molecule has 10 nitrogen and oxygen atoms in total. The van der Waals surface area contributed by atoms with Crippen LogP contribution in [0.25, 0.3) is 0 Å². The summed E-state index contributed by atoms with van der Waals surface area (Å²) in [6, 6.07) is 0. The first-order valence-electron chi connectivity index (χ1n) is 26.4. The van der Waals surface area contributed by atoms with E-state index in [4.69, 9.17) is 18.9 Å². The minimum Gasteiger partial charge on any atom is -0.462 e. The standard InChI is InChI=1S/C55H96O10/c1-3-5-7-9-11-13-15-17-19-21-22-23-24-25-26-28-30-32-34-36-38-40-42-44-51(58)64-48(47-63-55-54(61)53(60)52(59)49(45-56)65-55)46-62-50(57)43-41-39-37-35-33-31-29-27-20-18-16-14-12-10-8-6-4-2/h8,10,14,16,20,27,31,33,36,38,48-49,52-56,59-61H,3-7,9,11-13,15,17-19,21-26,28-30,32,34-35,37,39-47H2,1-2H3/b10-8+,16-14+,27-20+,33-31+,38-36+/t48-,49-,52+,53?,54?,55-/m1/s1. The molecular formula is C55H96O10. The molecule has 1 rings (SSSR count). The summed E-state index contributed by atoms with van der Waals surface area (Å²) < 4.78 is 22.2. The largest absolute Gasteiger partial charge is 0.462 e. The molecule has 65 heavy (non-hydrogen) atoms. The fourth-order valence-electron chi connectivity index (χ4n) is 7.71. The summed E-state index contributed by atoms with van der Waals surface area (Å²) in [7, 11) is 0. The number of rotatable bonds is 44. The predicted octanol–water partition coefficient (Wildman–Crippen LogP) is 12.6. The highest BCUT2D eigenvalue weighted by Crippen LogP contribution is 2.23. The Morgan fingerprint density at radius 3 is 1.42 bits per heavy atom. The maximum atomic E-state index is 12.8. The molecule has 0 aromatic heterocycles. The molecule has 2 unspecified atom stereocenters. The second-order valence-electron chi connectivity index (χ2n) is 18.0. The SMILES string of the molecule is CCC/C=C/C/C=C/C/C=C/C/C=C/CCCCCC(=O)OC[C@H](CO[C@@H]1O[C@H](CO)[C@H](O)C(O)C1O)OC(=O)CCC/C=C/CCCCCCCCCCCCCCCCCCCC. The number of ether oxygens (including phenoxy) is 4. The molecule has 0 aliphatic carbocycles. The fourth-order valence-corrected chi connectivity index (χ4v) is 7.71. The van der Waals surface area contributed by atoms with Crippen molar-refractivity contribution >= 4 is 11.9 Å². The van der Waals surface area contributed by atoms with Gasteiger partial charge in [0, 0.05) is 12.8 Å². The first-order valence-corrected chi connectivity index (χ1v) is 26.4. The number of unbranched alkanes of at least 4 members (excludes halogenated alkanes) is 23. The third kappa shape index (κ3) is 36.2. The first kappa shape index (κ1) is 60.4. The minimum atomic E-state index is -1.61. The Balaban J connectivity index is 2.28. The number of esters is 2. The summed E-state index contributed by atoms with van der Waals surface area (Å²) in [6.45, 7) is 3.32. The zero-order valence-corrected chi connectivity index (χ0v) is 41.2. The molecule has 0 radical (unpaired) electrons. The van der Waals surface area contributed by atoms with Gasteiger partial charge in [-0.25, -0.2) is 0 Å². The minimum absolute atomic E-state index is 0.174. The van der Waals surface area contributed by atoms with Gasteiger partial charge in [-0.3, -0.25) is 9.59 Å². The molecule has 0 aromatic rings. The number of carbonyl (C=O) groups is 2. The van der Waals surface area contributed by atoms with E-state index in [1.165, 1.54) is 122 Å². The van der Waals surface area contributed by atoms with Crippen LogP contribution in [0.1, 0.15) is 219 Å². The van der Waals surface area contributed by atoms with Crippen LogP contribution in [-0.4, -0.2) is 89.0 Å². The highest BCUT2D eigenvalue weighted by Gasteiger charge is 2.44. The molecular weight excluding hydrogens is 821 g/mol. The molecule has 6 atom stereocenters. The van der Waals surface area contributed by atoms with Gasteiger partial charge in [-0.15, -0.1) is 0 Å². The lowest BCUT2D eigenvalue weighted by Crippen LogP contribution is -2.59. The van der Waals surface area contributed by atoms with Crippen LogP contribution in [0.4, 0.5) is 0 Å². The molecule has 1 aliphatic heterocycles. The number of carbonyl (C=O) groups excluding carboxylic acids is 2. The van der Waals surface area contributed by atoms with Gasteiger partial charge in [0.25, 0.3) is 0 Å². The number of hydrogen-bond acceptors (Lipinski definition) is 10. The van der Waals surface area contributed by atoms with E-state index < -0.39 is 55.4 Å². The third-order valence-corrected chi connectivity index (χ3v) is 11.9. The van der Waals surface area contributed by atoms with Crippen molar-refractivity contribution in [3.63, 3.8) is 0 Å². The van der Waals surface area contributed by atoms with Crippen molar-refractivity contribution in [2.24, 2.45) is 0 Å². The van der Waals surface area contributed by atoms with Gasteiger partial charge in [-0.1, -0.05) is 197 Å². The summed E-state index contributed by atoms with van der Waals surface area (Å²) in [5.74, 6) is -0.878.